The summed E-state index contributed by atoms with van der Waals surface area (Å²) in [7, 11) is 0. The maximum Gasteiger partial charge on any atom is 0.131 e. The largest absolute Gasteiger partial charge is 0.494 e. The maximum absolute atomic E-state index is 14.4. The predicted molar refractivity (Wildman–Crippen MR) is 88.4 cm³/mol. The molecule has 0 spiro atoms. The van der Waals surface area contributed by atoms with E-state index < -0.39 is 0 Å². The van der Waals surface area contributed by atoms with E-state index in [1.54, 1.807) is 18.2 Å². The summed E-state index contributed by atoms with van der Waals surface area (Å²) in [6.07, 6.45) is 0. The van der Waals surface area contributed by atoms with Gasteiger partial charge in [0.1, 0.15) is 17.4 Å². The maximum atomic E-state index is 14.4. The molecule has 3 heteroatoms. The van der Waals surface area contributed by atoms with Gasteiger partial charge in [0.15, 0.2) is 0 Å². The van der Waals surface area contributed by atoms with Gasteiger partial charge in [0.05, 0.1) is 6.61 Å². The molecule has 0 unspecified atom stereocenters. The van der Waals surface area contributed by atoms with Gasteiger partial charge in [-0.1, -0.05) is 36.4 Å². The fourth-order valence-electron chi connectivity index (χ4n) is 2.57. The Bertz CT molecular complexity index is 793. The van der Waals surface area contributed by atoms with Crippen molar-refractivity contribution in [2.75, 3.05) is 6.61 Å². The topological polar surface area (TPSA) is 9.23 Å². The molecule has 0 amide bonds. The predicted octanol–water partition coefficient (Wildman–Crippen LogP) is 5.70. The molecular formula is C20H16F2O. The molecule has 3 aromatic rings. The lowest BCUT2D eigenvalue weighted by Crippen LogP contribution is -1.92. The van der Waals surface area contributed by atoms with Gasteiger partial charge in [-0.15, -0.1) is 0 Å². The molecule has 0 aliphatic carbocycles. The number of hydrogen-bond donors (Lipinski definition) is 0. The van der Waals surface area contributed by atoms with Crippen LogP contribution in [0.4, 0.5) is 8.78 Å². The lowest BCUT2D eigenvalue weighted by molar-refractivity contribution is 0.340. The Balaban J connectivity index is 2.09. The van der Waals surface area contributed by atoms with Gasteiger partial charge in [-0.05, 0) is 53.9 Å². The van der Waals surface area contributed by atoms with Crippen LogP contribution in [0.3, 0.4) is 0 Å². The van der Waals surface area contributed by atoms with Crippen LogP contribution in [-0.2, 0) is 0 Å². The third-order valence-electron chi connectivity index (χ3n) is 3.62. The van der Waals surface area contributed by atoms with Crippen molar-refractivity contribution in [3.05, 3.63) is 78.4 Å². The first-order valence-corrected chi connectivity index (χ1v) is 7.46. The van der Waals surface area contributed by atoms with Gasteiger partial charge < -0.3 is 4.74 Å². The van der Waals surface area contributed by atoms with E-state index in [0.717, 1.165) is 16.9 Å². The van der Waals surface area contributed by atoms with Crippen LogP contribution in [0.25, 0.3) is 22.3 Å². The van der Waals surface area contributed by atoms with E-state index in [1.165, 1.54) is 18.2 Å². The molecule has 0 fully saturated rings. The molecule has 0 atom stereocenters. The van der Waals surface area contributed by atoms with Crippen LogP contribution >= 0.6 is 0 Å². The normalized spacial score (nSPS) is 10.6. The Morgan fingerprint density at radius 2 is 1.43 bits per heavy atom. The number of halogens is 2. The lowest BCUT2D eigenvalue weighted by atomic mass is 9.94. The molecule has 0 heterocycles. The van der Waals surface area contributed by atoms with Gasteiger partial charge in [-0.2, -0.15) is 0 Å². The van der Waals surface area contributed by atoms with Crippen LogP contribution in [0.1, 0.15) is 6.92 Å². The first kappa shape index (κ1) is 15.2. The smallest absolute Gasteiger partial charge is 0.131 e. The molecule has 0 saturated heterocycles. The lowest BCUT2D eigenvalue weighted by Gasteiger charge is -2.12. The van der Waals surface area contributed by atoms with E-state index in [1.807, 2.05) is 37.3 Å². The van der Waals surface area contributed by atoms with Crippen molar-refractivity contribution < 1.29 is 13.5 Å². The second-order valence-corrected chi connectivity index (χ2v) is 5.13. The summed E-state index contributed by atoms with van der Waals surface area (Å²) in [5.41, 5.74) is 2.76. The van der Waals surface area contributed by atoms with Gasteiger partial charge in [-0.3, -0.25) is 0 Å². The van der Waals surface area contributed by atoms with Crippen LogP contribution in [-0.4, -0.2) is 6.61 Å². The molecule has 3 aromatic carbocycles. The van der Waals surface area contributed by atoms with E-state index in [4.69, 9.17) is 4.74 Å². The van der Waals surface area contributed by atoms with Crippen molar-refractivity contribution in [2.45, 2.75) is 6.92 Å². The van der Waals surface area contributed by atoms with Gasteiger partial charge in [-0.25, -0.2) is 8.78 Å². The average Bonchev–Trinajstić information content (AvgIpc) is 2.57. The zero-order valence-corrected chi connectivity index (χ0v) is 12.7. The number of benzene rings is 3. The van der Waals surface area contributed by atoms with Gasteiger partial charge in [0.25, 0.3) is 0 Å². The highest BCUT2D eigenvalue weighted by Crippen LogP contribution is 2.35. The van der Waals surface area contributed by atoms with Crippen molar-refractivity contribution in [3.8, 4) is 28.0 Å². The van der Waals surface area contributed by atoms with E-state index in [-0.39, 0.29) is 11.6 Å². The third-order valence-corrected chi connectivity index (χ3v) is 3.62. The number of ether oxygens (including phenoxy) is 1. The molecule has 0 aliphatic heterocycles. The minimum Gasteiger partial charge on any atom is -0.494 e. The monoisotopic (exact) mass is 310 g/mol. The molecular weight excluding hydrogens is 294 g/mol. The summed E-state index contributed by atoms with van der Waals surface area (Å²) in [6.45, 7) is 2.52. The van der Waals surface area contributed by atoms with Gasteiger partial charge >= 0.3 is 0 Å². The quantitative estimate of drug-likeness (QED) is 0.601. The molecule has 0 N–H and O–H groups in total. The summed E-state index contributed by atoms with van der Waals surface area (Å²) < 4.78 is 33.0. The first-order valence-electron chi connectivity index (χ1n) is 7.46. The molecule has 0 saturated carbocycles. The average molecular weight is 310 g/mol. The van der Waals surface area contributed by atoms with Crippen LogP contribution in [0, 0.1) is 11.6 Å². The van der Waals surface area contributed by atoms with Crippen LogP contribution in [0.5, 0.6) is 5.75 Å². The Morgan fingerprint density at radius 3 is 2.09 bits per heavy atom. The highest BCUT2D eigenvalue weighted by atomic mass is 19.1. The fourth-order valence-corrected chi connectivity index (χ4v) is 2.57. The zero-order chi connectivity index (χ0) is 16.2. The Hall–Kier alpha value is -2.68. The Morgan fingerprint density at radius 1 is 0.783 bits per heavy atom. The molecule has 0 aromatic heterocycles. The first-order chi connectivity index (χ1) is 11.2. The molecule has 1 nitrogen and oxygen atoms in total. The summed E-state index contributed by atoms with van der Waals surface area (Å²) in [6, 6.07) is 18.3. The molecule has 3 rings (SSSR count). The minimum absolute atomic E-state index is 0.331. The molecule has 0 bridgehead atoms. The standard InChI is InChI=1S/C20H16F2O/c1-2-23-17-12-8-14(9-13-17)18-4-3-5-19(22)20(18)15-6-10-16(21)11-7-15/h3-13H,2H2,1H3. The van der Waals surface area contributed by atoms with Gasteiger partial charge in [0, 0.05) is 5.56 Å². The van der Waals surface area contributed by atoms with E-state index >= 15 is 0 Å². The molecule has 0 aliphatic rings. The van der Waals surface area contributed by atoms with E-state index in [0.29, 0.717) is 17.7 Å². The second-order valence-electron chi connectivity index (χ2n) is 5.13. The summed E-state index contributed by atoms with van der Waals surface area (Å²) in [5.74, 6) is 0.103. The van der Waals surface area contributed by atoms with Gasteiger partial charge in [0.2, 0.25) is 0 Å². The van der Waals surface area contributed by atoms with Crippen LogP contribution in [0.2, 0.25) is 0 Å². The van der Waals surface area contributed by atoms with Crippen molar-refractivity contribution in [2.24, 2.45) is 0 Å². The Labute approximate surface area is 134 Å². The highest BCUT2D eigenvalue weighted by Gasteiger charge is 2.12. The molecule has 23 heavy (non-hydrogen) atoms. The number of hydrogen-bond acceptors (Lipinski definition) is 1. The minimum atomic E-state index is -0.340. The van der Waals surface area contributed by atoms with E-state index in [9.17, 15) is 8.78 Å². The van der Waals surface area contributed by atoms with Crippen LogP contribution < -0.4 is 4.74 Å². The zero-order valence-electron chi connectivity index (χ0n) is 12.7. The Kier molecular flexibility index (Phi) is 4.38. The third kappa shape index (κ3) is 3.24. The van der Waals surface area contributed by atoms with Crippen LogP contribution in [0.15, 0.2) is 66.7 Å². The number of rotatable bonds is 4. The highest BCUT2D eigenvalue weighted by molar-refractivity contribution is 5.84. The van der Waals surface area contributed by atoms with Crippen molar-refractivity contribution in [1.29, 1.82) is 0 Å². The van der Waals surface area contributed by atoms with Crippen molar-refractivity contribution in [3.63, 3.8) is 0 Å². The van der Waals surface area contributed by atoms with E-state index in [2.05, 4.69) is 0 Å². The molecule has 116 valence electrons. The fraction of sp³-hybridized carbons (Fsp3) is 0.100. The SMILES string of the molecule is CCOc1ccc(-c2cccc(F)c2-c2ccc(F)cc2)cc1. The summed E-state index contributed by atoms with van der Waals surface area (Å²) >= 11 is 0. The second kappa shape index (κ2) is 6.61. The van der Waals surface area contributed by atoms with Crippen molar-refractivity contribution >= 4 is 0 Å². The molecule has 0 radical (unpaired) electrons. The summed E-state index contributed by atoms with van der Waals surface area (Å²) in [4.78, 5) is 0. The van der Waals surface area contributed by atoms with Crippen molar-refractivity contribution in [1.82, 2.24) is 0 Å². The summed E-state index contributed by atoms with van der Waals surface area (Å²) in [5, 5.41) is 0.